The Morgan fingerprint density at radius 3 is 2.29 bits per heavy atom. The van der Waals surface area contributed by atoms with Crippen LogP contribution in [0.1, 0.15) is 29.6 Å². The number of fused-ring (bicyclic) bond motifs is 1. The molecule has 0 radical (unpaired) electrons. The molecule has 3 rings (SSSR count). The summed E-state index contributed by atoms with van der Waals surface area (Å²) in [5.41, 5.74) is 0.813. The first-order valence-electron chi connectivity index (χ1n) is 6.29. The molecule has 1 aromatic carbocycles. The highest BCUT2D eigenvalue weighted by Gasteiger charge is 2.38. The highest BCUT2D eigenvalue weighted by molar-refractivity contribution is 9.10. The molecule has 0 N–H and O–H groups in total. The van der Waals surface area contributed by atoms with Gasteiger partial charge in [-0.3, -0.25) is 4.79 Å². The molecule has 2 atom stereocenters. The highest BCUT2D eigenvalue weighted by Crippen LogP contribution is 2.38. The van der Waals surface area contributed by atoms with Crippen molar-refractivity contribution in [2.45, 2.75) is 19.3 Å². The van der Waals surface area contributed by atoms with Crippen molar-refractivity contribution >= 4 is 21.8 Å². The Morgan fingerprint density at radius 2 is 1.71 bits per heavy atom. The lowest BCUT2D eigenvalue weighted by atomic mass is 10.0. The number of likely N-dealkylation sites (tertiary alicyclic amines) is 1. The van der Waals surface area contributed by atoms with Crippen LogP contribution < -0.4 is 0 Å². The molecule has 2 fully saturated rings. The second-order valence-corrected chi connectivity index (χ2v) is 6.08. The van der Waals surface area contributed by atoms with Gasteiger partial charge in [0, 0.05) is 23.1 Å². The van der Waals surface area contributed by atoms with Crippen molar-refractivity contribution in [2.24, 2.45) is 11.8 Å². The van der Waals surface area contributed by atoms with E-state index >= 15 is 0 Å². The summed E-state index contributed by atoms with van der Waals surface area (Å²) in [6, 6.07) is 7.68. The minimum atomic E-state index is 0.201. The van der Waals surface area contributed by atoms with Gasteiger partial charge < -0.3 is 4.90 Å². The van der Waals surface area contributed by atoms with Gasteiger partial charge in [-0.25, -0.2) is 0 Å². The molecule has 1 heterocycles. The standard InChI is InChI=1S/C14H16BrNO/c15-13-6-4-10(5-7-13)14(17)16-8-11-2-1-3-12(11)9-16/h4-7,11-12H,1-3,8-9H2. The lowest BCUT2D eigenvalue weighted by molar-refractivity contribution is 0.0780. The third kappa shape index (κ3) is 2.13. The quantitative estimate of drug-likeness (QED) is 0.778. The van der Waals surface area contributed by atoms with Gasteiger partial charge in [-0.05, 0) is 48.9 Å². The Bertz CT molecular complexity index is 416. The van der Waals surface area contributed by atoms with E-state index in [1.165, 1.54) is 19.3 Å². The van der Waals surface area contributed by atoms with Gasteiger partial charge in [0.1, 0.15) is 0 Å². The first kappa shape index (κ1) is 11.3. The molecule has 1 saturated heterocycles. The Kier molecular flexibility index (Phi) is 2.95. The van der Waals surface area contributed by atoms with Crippen molar-refractivity contribution in [2.75, 3.05) is 13.1 Å². The second-order valence-electron chi connectivity index (χ2n) is 5.17. The number of rotatable bonds is 1. The fraction of sp³-hybridized carbons (Fsp3) is 0.500. The van der Waals surface area contributed by atoms with Crippen LogP contribution in [0.3, 0.4) is 0 Å². The molecule has 0 spiro atoms. The van der Waals surface area contributed by atoms with Gasteiger partial charge in [-0.2, -0.15) is 0 Å². The van der Waals surface area contributed by atoms with E-state index < -0.39 is 0 Å². The molecule has 3 heteroatoms. The van der Waals surface area contributed by atoms with Crippen LogP contribution in [0.15, 0.2) is 28.7 Å². The van der Waals surface area contributed by atoms with Crippen molar-refractivity contribution in [3.05, 3.63) is 34.3 Å². The molecule has 1 amide bonds. The molecule has 90 valence electrons. The van der Waals surface area contributed by atoms with Gasteiger partial charge in [-0.15, -0.1) is 0 Å². The summed E-state index contributed by atoms with van der Waals surface area (Å²) in [5.74, 6) is 1.75. The van der Waals surface area contributed by atoms with Gasteiger partial charge >= 0.3 is 0 Å². The zero-order valence-electron chi connectivity index (χ0n) is 9.73. The lowest BCUT2D eigenvalue weighted by Gasteiger charge is -2.17. The second kappa shape index (κ2) is 4.45. The van der Waals surface area contributed by atoms with Gasteiger partial charge in [-0.1, -0.05) is 22.4 Å². The summed E-state index contributed by atoms with van der Waals surface area (Å²) < 4.78 is 1.02. The van der Waals surface area contributed by atoms with Crippen LogP contribution in [-0.4, -0.2) is 23.9 Å². The average molecular weight is 294 g/mol. The summed E-state index contributed by atoms with van der Waals surface area (Å²) in [4.78, 5) is 14.3. The first-order valence-corrected chi connectivity index (χ1v) is 7.08. The van der Waals surface area contributed by atoms with Crippen molar-refractivity contribution < 1.29 is 4.79 Å². The summed E-state index contributed by atoms with van der Waals surface area (Å²) >= 11 is 3.39. The van der Waals surface area contributed by atoms with E-state index in [2.05, 4.69) is 15.9 Å². The van der Waals surface area contributed by atoms with Crippen molar-refractivity contribution in [3.63, 3.8) is 0 Å². The molecule has 1 aliphatic heterocycles. The number of benzene rings is 1. The third-order valence-electron chi connectivity index (χ3n) is 4.10. The molecule has 2 unspecified atom stereocenters. The molecular weight excluding hydrogens is 278 g/mol. The predicted molar refractivity (Wildman–Crippen MR) is 70.9 cm³/mol. The zero-order valence-corrected chi connectivity index (χ0v) is 11.3. The highest BCUT2D eigenvalue weighted by atomic mass is 79.9. The van der Waals surface area contributed by atoms with Crippen LogP contribution in [0.25, 0.3) is 0 Å². The number of hydrogen-bond acceptors (Lipinski definition) is 1. The van der Waals surface area contributed by atoms with Gasteiger partial charge in [0.2, 0.25) is 0 Å². The molecule has 0 aromatic heterocycles. The van der Waals surface area contributed by atoms with E-state index in [0.717, 1.165) is 35.0 Å². The molecule has 1 aliphatic carbocycles. The minimum absolute atomic E-state index is 0.201. The maximum atomic E-state index is 12.3. The molecular formula is C14H16BrNO. The summed E-state index contributed by atoms with van der Waals surface area (Å²) in [6.45, 7) is 1.94. The van der Waals surface area contributed by atoms with E-state index in [9.17, 15) is 4.79 Å². The van der Waals surface area contributed by atoms with Gasteiger partial charge in [0.05, 0.1) is 0 Å². The molecule has 0 bridgehead atoms. The fourth-order valence-electron chi connectivity index (χ4n) is 3.18. The number of amides is 1. The molecule has 1 aromatic rings. The maximum absolute atomic E-state index is 12.3. The normalized spacial score (nSPS) is 27.2. The van der Waals surface area contributed by atoms with E-state index in [-0.39, 0.29) is 5.91 Å². The summed E-state index contributed by atoms with van der Waals surface area (Å²) in [5, 5.41) is 0. The smallest absolute Gasteiger partial charge is 0.253 e. The Labute approximate surface area is 110 Å². The minimum Gasteiger partial charge on any atom is -0.338 e. The molecule has 2 aliphatic rings. The van der Waals surface area contributed by atoms with Crippen molar-refractivity contribution in [1.29, 1.82) is 0 Å². The van der Waals surface area contributed by atoms with Crippen LogP contribution in [0, 0.1) is 11.8 Å². The lowest BCUT2D eigenvalue weighted by Crippen LogP contribution is -2.29. The number of carbonyl (C=O) groups excluding carboxylic acids is 1. The van der Waals surface area contributed by atoms with Gasteiger partial charge in [0.15, 0.2) is 0 Å². The largest absolute Gasteiger partial charge is 0.338 e. The van der Waals surface area contributed by atoms with Crippen LogP contribution in [0.5, 0.6) is 0 Å². The van der Waals surface area contributed by atoms with Crippen molar-refractivity contribution in [3.8, 4) is 0 Å². The van der Waals surface area contributed by atoms with E-state index in [4.69, 9.17) is 0 Å². The Hall–Kier alpha value is -0.830. The van der Waals surface area contributed by atoms with Crippen LogP contribution in [0.2, 0.25) is 0 Å². The van der Waals surface area contributed by atoms with Crippen LogP contribution >= 0.6 is 15.9 Å². The first-order chi connectivity index (χ1) is 8.24. The average Bonchev–Trinajstić information content (AvgIpc) is 2.89. The Balaban J connectivity index is 1.73. The number of halogens is 1. The monoisotopic (exact) mass is 293 g/mol. The fourth-order valence-corrected chi connectivity index (χ4v) is 3.44. The number of carbonyl (C=O) groups is 1. The van der Waals surface area contributed by atoms with E-state index in [0.29, 0.717) is 0 Å². The van der Waals surface area contributed by atoms with Crippen LogP contribution in [0.4, 0.5) is 0 Å². The third-order valence-corrected chi connectivity index (χ3v) is 4.63. The Morgan fingerprint density at radius 1 is 1.12 bits per heavy atom. The van der Waals surface area contributed by atoms with Crippen molar-refractivity contribution in [1.82, 2.24) is 4.90 Å². The zero-order chi connectivity index (χ0) is 11.8. The van der Waals surface area contributed by atoms with Crippen LogP contribution in [-0.2, 0) is 0 Å². The molecule has 17 heavy (non-hydrogen) atoms. The maximum Gasteiger partial charge on any atom is 0.253 e. The van der Waals surface area contributed by atoms with E-state index in [1.807, 2.05) is 29.2 Å². The number of hydrogen-bond donors (Lipinski definition) is 0. The molecule has 1 saturated carbocycles. The van der Waals surface area contributed by atoms with E-state index in [1.54, 1.807) is 0 Å². The summed E-state index contributed by atoms with van der Waals surface area (Å²) in [6.07, 6.45) is 3.99. The number of nitrogens with zero attached hydrogens (tertiary/aromatic N) is 1. The predicted octanol–water partition coefficient (Wildman–Crippen LogP) is 3.32. The summed E-state index contributed by atoms with van der Waals surface area (Å²) in [7, 11) is 0. The van der Waals surface area contributed by atoms with Gasteiger partial charge in [0.25, 0.3) is 5.91 Å². The molecule has 2 nitrogen and oxygen atoms in total. The topological polar surface area (TPSA) is 20.3 Å². The SMILES string of the molecule is O=C(c1ccc(Br)cc1)N1CC2CCCC2C1.